The van der Waals surface area contributed by atoms with Crippen molar-refractivity contribution in [2.24, 2.45) is 0 Å². The van der Waals surface area contributed by atoms with Crippen molar-refractivity contribution in [3.8, 4) is 0 Å². The van der Waals surface area contributed by atoms with Crippen LogP contribution in [0.4, 0.5) is 0 Å². The van der Waals surface area contributed by atoms with E-state index in [1.54, 1.807) is 0 Å². The van der Waals surface area contributed by atoms with E-state index in [-0.39, 0.29) is 0 Å². The molecule has 1 rings (SSSR count). The molecular formula is C7H8O7. The summed E-state index contributed by atoms with van der Waals surface area (Å²) in [5, 5.41) is 0. The summed E-state index contributed by atoms with van der Waals surface area (Å²) in [6.45, 7) is 0. The Morgan fingerprint density at radius 3 is 1.50 bits per heavy atom. The summed E-state index contributed by atoms with van der Waals surface area (Å²) >= 11 is 0. The molecule has 0 aromatic rings. The van der Waals surface area contributed by atoms with Gasteiger partial charge in [-0.2, -0.15) is 0 Å². The van der Waals surface area contributed by atoms with E-state index in [1.165, 1.54) is 0 Å². The second-order valence-electron chi connectivity index (χ2n) is 2.42. The molecule has 0 heterocycles. The van der Waals surface area contributed by atoms with Crippen LogP contribution in [-0.2, 0) is 33.9 Å². The molecule has 1 fully saturated rings. The minimum atomic E-state index is -1.39. The summed E-state index contributed by atoms with van der Waals surface area (Å²) in [5.74, 6) is -3.17. The first-order valence-corrected chi connectivity index (χ1v) is 3.64. The fraction of sp³-hybridized carbons (Fsp3) is 0.571. The Morgan fingerprint density at radius 2 is 1.21 bits per heavy atom. The third-order valence-electron chi connectivity index (χ3n) is 1.64. The van der Waals surface area contributed by atoms with Gasteiger partial charge in [0.2, 0.25) is 11.6 Å². The highest BCUT2D eigenvalue weighted by Crippen LogP contribution is 2.16. The summed E-state index contributed by atoms with van der Waals surface area (Å²) in [6.07, 6.45) is -2.78. The van der Waals surface area contributed by atoms with E-state index >= 15 is 0 Å². The van der Waals surface area contributed by atoms with Crippen LogP contribution in [0.1, 0.15) is 0 Å². The van der Waals surface area contributed by atoms with Gasteiger partial charge in [0.05, 0.1) is 14.2 Å². The lowest BCUT2D eigenvalue weighted by molar-refractivity contribution is -0.354. The number of carbonyl (C=O) groups excluding carboxylic acids is 3. The molecule has 7 heteroatoms. The molecule has 0 spiro atoms. The molecule has 1 aliphatic carbocycles. The van der Waals surface area contributed by atoms with Gasteiger partial charge in [0, 0.05) is 0 Å². The lowest BCUT2D eigenvalue weighted by Crippen LogP contribution is -2.33. The Morgan fingerprint density at radius 1 is 0.857 bits per heavy atom. The van der Waals surface area contributed by atoms with Crippen LogP contribution < -0.4 is 0 Å². The summed E-state index contributed by atoms with van der Waals surface area (Å²) in [7, 11) is 2.29. The zero-order chi connectivity index (χ0) is 10.7. The zero-order valence-corrected chi connectivity index (χ0v) is 7.51. The van der Waals surface area contributed by atoms with Gasteiger partial charge >= 0.3 is 0 Å². The highest BCUT2D eigenvalue weighted by atomic mass is 17.2. The van der Waals surface area contributed by atoms with Gasteiger partial charge in [-0.15, -0.1) is 0 Å². The predicted octanol–water partition coefficient (Wildman–Crippen LogP) is -1.40. The SMILES string of the molecule is COOC1C(=O)C(=O)C(=O)C1OOC. The van der Waals surface area contributed by atoms with E-state index in [0.29, 0.717) is 0 Å². The van der Waals surface area contributed by atoms with Gasteiger partial charge in [-0.25, -0.2) is 19.6 Å². The Balaban J connectivity index is 2.83. The van der Waals surface area contributed by atoms with E-state index in [1.807, 2.05) is 0 Å². The van der Waals surface area contributed by atoms with Gasteiger partial charge < -0.3 is 0 Å². The van der Waals surface area contributed by atoms with Gasteiger partial charge in [0.1, 0.15) is 0 Å². The average molecular weight is 204 g/mol. The molecule has 0 N–H and O–H groups in total. The molecular weight excluding hydrogens is 196 g/mol. The molecule has 7 nitrogen and oxygen atoms in total. The van der Waals surface area contributed by atoms with Gasteiger partial charge in [-0.1, -0.05) is 0 Å². The van der Waals surface area contributed by atoms with Crippen LogP contribution in [0, 0.1) is 0 Å². The Bertz CT molecular complexity index is 245. The highest BCUT2D eigenvalue weighted by Gasteiger charge is 2.52. The molecule has 0 bridgehead atoms. The molecule has 14 heavy (non-hydrogen) atoms. The first kappa shape index (κ1) is 10.9. The standard InChI is InChI=1S/C7H8O7/c1-11-13-6-4(9)3(8)5(10)7(6)14-12-2/h6-7H,1-2H3. The second kappa shape index (κ2) is 4.38. The zero-order valence-electron chi connectivity index (χ0n) is 7.51. The molecule has 0 radical (unpaired) electrons. The molecule has 1 saturated carbocycles. The number of carbonyl (C=O) groups is 3. The van der Waals surface area contributed by atoms with E-state index in [9.17, 15) is 14.4 Å². The van der Waals surface area contributed by atoms with Crippen LogP contribution in [0.2, 0.25) is 0 Å². The van der Waals surface area contributed by atoms with Crippen molar-refractivity contribution < 1.29 is 33.9 Å². The fourth-order valence-corrected chi connectivity index (χ4v) is 1.05. The Labute approximate surface area is 78.7 Å². The highest BCUT2D eigenvalue weighted by molar-refractivity contribution is 6.69. The van der Waals surface area contributed by atoms with Gasteiger partial charge in [0.15, 0.2) is 12.2 Å². The molecule has 0 aromatic carbocycles. The number of ketones is 3. The number of Topliss-reactive ketones (excluding diaryl/α,β-unsaturated/α-hetero) is 3. The van der Waals surface area contributed by atoms with Crippen molar-refractivity contribution in [2.75, 3.05) is 14.2 Å². The largest absolute Gasteiger partial charge is 0.287 e. The second-order valence-corrected chi connectivity index (χ2v) is 2.42. The van der Waals surface area contributed by atoms with Crippen molar-refractivity contribution in [3.63, 3.8) is 0 Å². The smallest absolute Gasteiger partial charge is 0.270 e. The molecule has 0 aliphatic heterocycles. The minimum Gasteiger partial charge on any atom is -0.287 e. The third kappa shape index (κ3) is 1.70. The van der Waals surface area contributed by atoms with Crippen molar-refractivity contribution in [1.29, 1.82) is 0 Å². The summed E-state index contributed by atoms with van der Waals surface area (Å²) in [6, 6.07) is 0. The van der Waals surface area contributed by atoms with Crippen molar-refractivity contribution in [3.05, 3.63) is 0 Å². The summed E-state index contributed by atoms with van der Waals surface area (Å²) < 4.78 is 0. The lowest BCUT2D eigenvalue weighted by atomic mass is 10.2. The van der Waals surface area contributed by atoms with Crippen molar-refractivity contribution >= 4 is 17.3 Å². The average Bonchev–Trinajstić information content (AvgIpc) is 2.36. The van der Waals surface area contributed by atoms with E-state index in [4.69, 9.17) is 0 Å². The lowest BCUT2D eigenvalue weighted by Gasteiger charge is -2.12. The molecule has 0 aromatic heterocycles. The first-order valence-electron chi connectivity index (χ1n) is 3.64. The number of hydrogen-bond donors (Lipinski definition) is 0. The summed E-state index contributed by atoms with van der Waals surface area (Å²) in [5.41, 5.74) is 0. The van der Waals surface area contributed by atoms with Crippen LogP contribution in [0.3, 0.4) is 0 Å². The van der Waals surface area contributed by atoms with Gasteiger partial charge in [-0.3, -0.25) is 14.4 Å². The molecule has 78 valence electrons. The maximum Gasteiger partial charge on any atom is 0.270 e. The Kier molecular flexibility index (Phi) is 3.42. The van der Waals surface area contributed by atoms with E-state index in [0.717, 1.165) is 14.2 Å². The normalized spacial score (nSPS) is 27.4. The first-order chi connectivity index (χ1) is 6.63. The molecule has 0 saturated heterocycles. The fourth-order valence-electron chi connectivity index (χ4n) is 1.05. The number of rotatable bonds is 4. The molecule has 2 atom stereocenters. The maximum absolute atomic E-state index is 11.1. The van der Waals surface area contributed by atoms with E-state index in [2.05, 4.69) is 19.6 Å². The van der Waals surface area contributed by atoms with Gasteiger partial charge in [0.25, 0.3) is 5.78 Å². The molecule has 0 amide bonds. The Hall–Kier alpha value is -1.15. The van der Waals surface area contributed by atoms with Crippen LogP contribution >= 0.6 is 0 Å². The van der Waals surface area contributed by atoms with Crippen LogP contribution in [0.15, 0.2) is 0 Å². The summed E-state index contributed by atoms with van der Waals surface area (Å²) in [4.78, 5) is 50.3. The molecule has 2 unspecified atom stereocenters. The topological polar surface area (TPSA) is 88.1 Å². The van der Waals surface area contributed by atoms with E-state index < -0.39 is 29.6 Å². The van der Waals surface area contributed by atoms with Crippen LogP contribution in [0.5, 0.6) is 0 Å². The minimum absolute atomic E-state index is 1.00. The predicted molar refractivity (Wildman–Crippen MR) is 38.8 cm³/mol. The third-order valence-corrected chi connectivity index (χ3v) is 1.64. The molecule has 1 aliphatic rings. The van der Waals surface area contributed by atoms with Gasteiger partial charge in [-0.05, 0) is 0 Å². The quantitative estimate of drug-likeness (QED) is 0.316. The van der Waals surface area contributed by atoms with Crippen molar-refractivity contribution in [1.82, 2.24) is 0 Å². The van der Waals surface area contributed by atoms with Crippen LogP contribution in [0.25, 0.3) is 0 Å². The number of hydrogen-bond acceptors (Lipinski definition) is 7. The maximum atomic E-state index is 11.1. The van der Waals surface area contributed by atoms with Crippen LogP contribution in [-0.4, -0.2) is 43.8 Å². The van der Waals surface area contributed by atoms with Crippen molar-refractivity contribution in [2.45, 2.75) is 12.2 Å². The monoisotopic (exact) mass is 204 g/mol.